The zero-order chi connectivity index (χ0) is 26.8. The van der Waals surface area contributed by atoms with Gasteiger partial charge in [0, 0.05) is 26.2 Å². The van der Waals surface area contributed by atoms with E-state index in [1.54, 1.807) is 27.7 Å². The van der Waals surface area contributed by atoms with Crippen LogP contribution in [0.3, 0.4) is 0 Å². The number of rotatable bonds is 8. The number of ether oxygens (including phenoxy) is 2. The summed E-state index contributed by atoms with van der Waals surface area (Å²) in [7, 11) is 0. The third-order valence-electron chi connectivity index (χ3n) is 6.09. The van der Waals surface area contributed by atoms with Gasteiger partial charge in [-0.2, -0.15) is 5.26 Å². The first-order chi connectivity index (χ1) is 17.6. The van der Waals surface area contributed by atoms with E-state index in [1.165, 1.54) is 0 Å². The average Bonchev–Trinajstić information content (AvgIpc) is 3.11. The molecule has 0 spiro atoms. The molecule has 0 aromatic heterocycles. The highest BCUT2D eigenvalue weighted by Crippen LogP contribution is 2.23. The van der Waals surface area contributed by atoms with Crippen LogP contribution in [0.5, 0.6) is 5.75 Å². The minimum absolute atomic E-state index is 0.0829. The molecule has 0 saturated carbocycles. The lowest BCUT2D eigenvalue weighted by molar-refractivity contribution is -0.132. The second kappa shape index (κ2) is 13.1. The Bertz CT molecular complexity index is 1070. The van der Waals surface area contributed by atoms with Crippen molar-refractivity contribution in [2.75, 3.05) is 39.3 Å². The predicted molar refractivity (Wildman–Crippen MR) is 143 cm³/mol. The van der Waals surface area contributed by atoms with Crippen LogP contribution in [0, 0.1) is 11.3 Å². The maximum atomic E-state index is 12.8. The molecule has 2 amide bonds. The van der Waals surface area contributed by atoms with Gasteiger partial charge >= 0.3 is 6.09 Å². The van der Waals surface area contributed by atoms with E-state index < -0.39 is 17.7 Å². The Labute approximate surface area is 220 Å². The molecule has 1 heterocycles. The summed E-state index contributed by atoms with van der Waals surface area (Å²) in [4.78, 5) is 29.0. The number of hydrogen-bond acceptors (Lipinski definition) is 6. The van der Waals surface area contributed by atoms with Crippen molar-refractivity contribution < 1.29 is 19.1 Å². The second-order valence-corrected chi connectivity index (χ2v) is 10.3. The van der Waals surface area contributed by atoms with Gasteiger partial charge in [-0.25, -0.2) is 4.79 Å². The lowest BCUT2D eigenvalue weighted by atomic mass is 10.0. The lowest BCUT2D eigenvalue weighted by Crippen LogP contribution is -2.49. The summed E-state index contributed by atoms with van der Waals surface area (Å²) < 4.78 is 11.2. The lowest BCUT2D eigenvalue weighted by Gasteiger charge is -2.26. The first-order valence-corrected chi connectivity index (χ1v) is 12.9. The minimum atomic E-state index is -0.627. The topological polar surface area (TPSA) is 94.9 Å². The number of nitrogens with zero attached hydrogens (tertiary/aromatic N) is 3. The first kappa shape index (κ1) is 28.0. The molecule has 0 radical (unpaired) electrons. The summed E-state index contributed by atoms with van der Waals surface area (Å²) >= 11 is 0. The number of benzene rings is 2. The summed E-state index contributed by atoms with van der Waals surface area (Å²) in [6, 6.07) is 17.0. The van der Waals surface area contributed by atoms with E-state index in [0.29, 0.717) is 25.3 Å². The van der Waals surface area contributed by atoms with E-state index in [1.807, 2.05) is 53.4 Å². The molecule has 8 heteroatoms. The normalized spacial score (nSPS) is 15.3. The molecule has 2 aromatic rings. The molecule has 198 valence electrons. The number of nitriles is 1. The molecule has 0 bridgehead atoms. The summed E-state index contributed by atoms with van der Waals surface area (Å²) in [6.45, 7) is 11.6. The molecule has 8 nitrogen and oxygen atoms in total. The molecule has 1 aliphatic rings. The predicted octanol–water partition coefficient (Wildman–Crippen LogP) is 4.44. The van der Waals surface area contributed by atoms with Gasteiger partial charge in [0.25, 0.3) is 0 Å². The van der Waals surface area contributed by atoms with Crippen molar-refractivity contribution >= 4 is 12.0 Å². The average molecular weight is 507 g/mol. The van der Waals surface area contributed by atoms with E-state index >= 15 is 0 Å². The Morgan fingerprint density at radius 2 is 1.65 bits per heavy atom. The minimum Gasteiger partial charge on any atom is -0.494 e. The Kier molecular flexibility index (Phi) is 9.93. The highest BCUT2D eigenvalue weighted by Gasteiger charge is 2.26. The molecule has 37 heavy (non-hydrogen) atoms. The van der Waals surface area contributed by atoms with Gasteiger partial charge in [0.1, 0.15) is 17.4 Å². The second-order valence-electron chi connectivity index (χ2n) is 10.3. The van der Waals surface area contributed by atoms with Crippen molar-refractivity contribution in [3.8, 4) is 22.9 Å². The zero-order valence-corrected chi connectivity index (χ0v) is 22.3. The molecule has 0 aliphatic carbocycles. The highest BCUT2D eigenvalue weighted by molar-refractivity contribution is 5.85. The van der Waals surface area contributed by atoms with Crippen molar-refractivity contribution in [2.24, 2.45) is 0 Å². The largest absolute Gasteiger partial charge is 0.494 e. The van der Waals surface area contributed by atoms with Crippen LogP contribution in [-0.4, -0.2) is 72.8 Å². The molecule has 2 aromatic carbocycles. The van der Waals surface area contributed by atoms with Crippen LogP contribution in [0.4, 0.5) is 4.79 Å². The molecule has 3 rings (SSSR count). The maximum absolute atomic E-state index is 12.8. The molecule has 1 atom stereocenters. The fourth-order valence-corrected chi connectivity index (χ4v) is 4.19. The van der Waals surface area contributed by atoms with Crippen LogP contribution >= 0.6 is 0 Å². The quantitative estimate of drug-likeness (QED) is 0.532. The molecular weight excluding hydrogens is 468 g/mol. The summed E-state index contributed by atoms with van der Waals surface area (Å²) in [5.74, 6) is 0.747. The van der Waals surface area contributed by atoms with Crippen LogP contribution in [0.25, 0.3) is 11.1 Å². The van der Waals surface area contributed by atoms with Gasteiger partial charge in [0.05, 0.1) is 18.2 Å². The molecule has 1 fully saturated rings. The van der Waals surface area contributed by atoms with E-state index in [-0.39, 0.29) is 5.91 Å². The van der Waals surface area contributed by atoms with Crippen LogP contribution in [0.1, 0.15) is 46.1 Å². The van der Waals surface area contributed by atoms with Gasteiger partial charge in [-0.15, -0.1) is 0 Å². The summed E-state index contributed by atoms with van der Waals surface area (Å²) in [5, 5.41) is 11.6. The fourth-order valence-electron chi connectivity index (χ4n) is 4.19. The number of alkyl carbamates (subject to hydrolysis) is 1. The van der Waals surface area contributed by atoms with Crippen molar-refractivity contribution in [3.63, 3.8) is 0 Å². The van der Waals surface area contributed by atoms with E-state index in [4.69, 9.17) is 14.7 Å². The van der Waals surface area contributed by atoms with Crippen LogP contribution < -0.4 is 10.1 Å². The molecule has 1 aliphatic heterocycles. The fraction of sp³-hybridized carbons (Fsp3) is 0.483. The van der Waals surface area contributed by atoms with Crippen molar-refractivity contribution in [2.45, 2.75) is 52.2 Å². The van der Waals surface area contributed by atoms with Gasteiger partial charge in [-0.1, -0.05) is 24.3 Å². The summed E-state index contributed by atoms with van der Waals surface area (Å²) in [5.41, 5.74) is 2.19. The van der Waals surface area contributed by atoms with Crippen molar-refractivity contribution in [1.29, 1.82) is 5.26 Å². The van der Waals surface area contributed by atoms with Gasteiger partial charge < -0.3 is 24.6 Å². The first-order valence-electron chi connectivity index (χ1n) is 12.9. The Hall–Kier alpha value is -3.57. The van der Waals surface area contributed by atoms with Crippen LogP contribution in [0.2, 0.25) is 0 Å². The zero-order valence-electron chi connectivity index (χ0n) is 22.3. The molecule has 0 unspecified atom stereocenters. The highest BCUT2D eigenvalue weighted by atomic mass is 16.6. The number of hydrogen-bond donors (Lipinski definition) is 1. The SMILES string of the molecule is C[C@H](NC(=O)OC(C)(C)C)C(=O)N1CCCN(CCCOc2ccc(-c3ccc(C#N)cc3)cc2)CC1. The number of amides is 2. The third-order valence-corrected chi connectivity index (χ3v) is 6.09. The van der Waals surface area contributed by atoms with Crippen LogP contribution in [-0.2, 0) is 9.53 Å². The van der Waals surface area contributed by atoms with Gasteiger partial charge in [0.2, 0.25) is 5.91 Å². The smallest absolute Gasteiger partial charge is 0.408 e. The standard InChI is InChI=1S/C29H38N4O4/c1-22(31-28(35)37-29(2,3)4)27(34)33-17-5-15-32(18-19-33)16-6-20-36-26-13-11-25(12-14-26)24-9-7-23(21-30)8-10-24/h7-14,22H,5-6,15-20H2,1-4H3,(H,31,35)/t22-/m0/s1. The van der Waals surface area contributed by atoms with E-state index in [9.17, 15) is 9.59 Å². The third kappa shape index (κ3) is 9.10. The summed E-state index contributed by atoms with van der Waals surface area (Å²) in [6.07, 6.45) is 1.21. The van der Waals surface area contributed by atoms with Crippen molar-refractivity contribution in [3.05, 3.63) is 54.1 Å². The van der Waals surface area contributed by atoms with E-state index in [2.05, 4.69) is 16.3 Å². The molecule has 1 N–H and O–H groups in total. The maximum Gasteiger partial charge on any atom is 0.408 e. The molecule has 1 saturated heterocycles. The number of nitrogens with one attached hydrogen (secondary N) is 1. The van der Waals surface area contributed by atoms with Crippen molar-refractivity contribution in [1.82, 2.24) is 15.1 Å². The molecular formula is C29H38N4O4. The number of carbonyl (C=O) groups excluding carboxylic acids is 2. The monoisotopic (exact) mass is 506 g/mol. The Balaban J connectivity index is 1.37. The van der Waals surface area contributed by atoms with Gasteiger partial charge in [-0.3, -0.25) is 4.79 Å². The Morgan fingerprint density at radius 1 is 1.00 bits per heavy atom. The van der Waals surface area contributed by atoms with Crippen LogP contribution in [0.15, 0.2) is 48.5 Å². The van der Waals surface area contributed by atoms with Gasteiger partial charge in [-0.05, 0) is 82.5 Å². The number of carbonyl (C=O) groups is 2. The van der Waals surface area contributed by atoms with E-state index in [0.717, 1.165) is 49.4 Å². The van der Waals surface area contributed by atoms with Gasteiger partial charge in [0.15, 0.2) is 0 Å². The Morgan fingerprint density at radius 3 is 2.27 bits per heavy atom.